The molecule has 0 aromatic carbocycles. The molecule has 1 fully saturated rings. The van der Waals surface area contributed by atoms with Crippen molar-refractivity contribution in [2.24, 2.45) is 11.8 Å². The Labute approximate surface area is 99.8 Å². The van der Waals surface area contributed by atoms with Gasteiger partial charge in [0.1, 0.15) is 0 Å². The molecule has 0 radical (unpaired) electrons. The topological polar surface area (TPSA) is 30.0 Å². The van der Waals surface area contributed by atoms with Crippen molar-refractivity contribution in [2.45, 2.75) is 6.10 Å². The van der Waals surface area contributed by atoms with Gasteiger partial charge in [0.05, 0.1) is 6.10 Å². The predicted octanol–water partition coefficient (Wildman–Crippen LogP) is -0.352. The maximum absolute atomic E-state index is 10.4. The van der Waals surface area contributed by atoms with E-state index in [-0.39, 0.29) is 6.10 Å². The molecule has 2 atom stereocenters. The number of rotatable bonds is 4. The molecule has 96 valence electrons. The van der Waals surface area contributed by atoms with Gasteiger partial charge in [-0.3, -0.25) is 0 Å². The minimum absolute atomic E-state index is 0.166. The largest absolute Gasteiger partial charge is 0.392 e. The van der Waals surface area contributed by atoms with Gasteiger partial charge in [0, 0.05) is 38.0 Å². The van der Waals surface area contributed by atoms with Crippen LogP contribution in [0.3, 0.4) is 0 Å². The zero-order valence-corrected chi connectivity index (χ0v) is 11.3. The fourth-order valence-electron chi connectivity index (χ4n) is 2.75. The summed E-state index contributed by atoms with van der Waals surface area (Å²) in [4.78, 5) is 6.68. The van der Waals surface area contributed by atoms with Crippen LogP contribution in [0, 0.1) is 11.8 Å². The van der Waals surface area contributed by atoms with Crippen LogP contribution in [-0.4, -0.2) is 87.3 Å². The van der Waals surface area contributed by atoms with Crippen molar-refractivity contribution in [3.8, 4) is 0 Å². The Bertz CT molecular complexity index is 184. The molecule has 4 nitrogen and oxygen atoms in total. The highest BCUT2D eigenvalue weighted by Gasteiger charge is 2.34. The third-order valence-corrected chi connectivity index (χ3v) is 3.26. The van der Waals surface area contributed by atoms with Crippen molar-refractivity contribution in [3.05, 3.63) is 0 Å². The molecule has 1 N–H and O–H groups in total. The molecule has 1 heterocycles. The Hall–Kier alpha value is -0.160. The molecule has 4 heteroatoms. The van der Waals surface area contributed by atoms with Gasteiger partial charge in [0.15, 0.2) is 0 Å². The summed E-state index contributed by atoms with van der Waals surface area (Å²) in [6, 6.07) is 0. The molecule has 0 spiro atoms. The van der Waals surface area contributed by atoms with Crippen LogP contribution in [0.25, 0.3) is 0 Å². The smallest absolute Gasteiger partial charge is 0.0645 e. The molecule has 1 aliphatic rings. The number of hydrogen-bond donors (Lipinski definition) is 1. The Kier molecular flexibility index (Phi) is 5.18. The normalized spacial score (nSPS) is 29.2. The molecule has 0 amide bonds. The van der Waals surface area contributed by atoms with Crippen molar-refractivity contribution >= 4 is 0 Å². The monoisotopic (exact) mass is 229 g/mol. The molecule has 1 rings (SSSR count). The zero-order chi connectivity index (χ0) is 12.3. The van der Waals surface area contributed by atoms with E-state index in [1.54, 1.807) is 0 Å². The Morgan fingerprint density at radius 3 is 1.69 bits per heavy atom. The summed E-state index contributed by atoms with van der Waals surface area (Å²) in [5, 5.41) is 10.4. The van der Waals surface area contributed by atoms with Crippen LogP contribution in [0.15, 0.2) is 0 Å². The first-order valence-corrected chi connectivity index (χ1v) is 6.06. The van der Waals surface area contributed by atoms with Gasteiger partial charge < -0.3 is 19.8 Å². The fourth-order valence-corrected chi connectivity index (χ4v) is 2.75. The average molecular weight is 229 g/mol. The first-order valence-electron chi connectivity index (χ1n) is 6.06. The number of aliphatic hydroxyl groups is 1. The number of hydrogen-bond acceptors (Lipinski definition) is 4. The van der Waals surface area contributed by atoms with Crippen molar-refractivity contribution in [2.75, 3.05) is 61.4 Å². The number of piperidine rings is 1. The molecule has 16 heavy (non-hydrogen) atoms. The third kappa shape index (κ3) is 4.01. The van der Waals surface area contributed by atoms with Crippen LogP contribution in [0.2, 0.25) is 0 Å². The maximum atomic E-state index is 10.4. The maximum Gasteiger partial charge on any atom is 0.0645 e. The second-order valence-corrected chi connectivity index (χ2v) is 5.76. The summed E-state index contributed by atoms with van der Waals surface area (Å²) < 4.78 is 0. The van der Waals surface area contributed by atoms with Crippen molar-refractivity contribution in [3.63, 3.8) is 0 Å². The van der Waals surface area contributed by atoms with Crippen LogP contribution in [-0.2, 0) is 0 Å². The van der Waals surface area contributed by atoms with E-state index in [2.05, 4.69) is 49.9 Å². The molecule has 0 bridgehead atoms. The van der Waals surface area contributed by atoms with Gasteiger partial charge in [-0.15, -0.1) is 0 Å². The molecule has 1 aliphatic heterocycles. The lowest BCUT2D eigenvalue weighted by Crippen LogP contribution is -2.53. The van der Waals surface area contributed by atoms with Gasteiger partial charge in [0.2, 0.25) is 0 Å². The van der Waals surface area contributed by atoms with E-state index in [0.717, 1.165) is 26.2 Å². The Balaban J connectivity index is 2.58. The molecule has 0 unspecified atom stereocenters. The summed E-state index contributed by atoms with van der Waals surface area (Å²) in [6.07, 6.45) is -0.166. The lowest BCUT2D eigenvalue weighted by molar-refractivity contribution is -0.0296. The van der Waals surface area contributed by atoms with Crippen LogP contribution >= 0.6 is 0 Å². The summed E-state index contributed by atoms with van der Waals surface area (Å²) in [5.74, 6) is 0.748. The van der Waals surface area contributed by atoms with E-state index < -0.39 is 0 Å². The van der Waals surface area contributed by atoms with Gasteiger partial charge in [-0.25, -0.2) is 0 Å². The third-order valence-electron chi connectivity index (χ3n) is 3.26. The second kappa shape index (κ2) is 5.96. The van der Waals surface area contributed by atoms with E-state index in [9.17, 15) is 5.11 Å². The van der Waals surface area contributed by atoms with Crippen LogP contribution < -0.4 is 0 Å². The second-order valence-electron chi connectivity index (χ2n) is 5.76. The number of nitrogens with zero attached hydrogens (tertiary/aromatic N) is 3. The van der Waals surface area contributed by atoms with Crippen LogP contribution in [0.5, 0.6) is 0 Å². The Morgan fingerprint density at radius 1 is 1.00 bits per heavy atom. The van der Waals surface area contributed by atoms with E-state index in [4.69, 9.17) is 0 Å². The summed E-state index contributed by atoms with van der Waals surface area (Å²) in [7, 11) is 10.4. The highest BCUT2D eigenvalue weighted by atomic mass is 16.3. The minimum atomic E-state index is -0.166. The van der Waals surface area contributed by atoms with Gasteiger partial charge in [-0.1, -0.05) is 0 Å². The molecule has 0 saturated carbocycles. The van der Waals surface area contributed by atoms with Crippen molar-refractivity contribution in [1.29, 1.82) is 0 Å². The lowest BCUT2D eigenvalue weighted by Gasteiger charge is -2.41. The van der Waals surface area contributed by atoms with Crippen LogP contribution in [0.4, 0.5) is 0 Å². The van der Waals surface area contributed by atoms with Gasteiger partial charge in [-0.05, 0) is 35.2 Å². The lowest BCUT2D eigenvalue weighted by atomic mass is 9.85. The van der Waals surface area contributed by atoms with Crippen molar-refractivity contribution in [1.82, 2.24) is 14.7 Å². The Morgan fingerprint density at radius 2 is 1.38 bits per heavy atom. The van der Waals surface area contributed by atoms with Crippen LogP contribution in [0.1, 0.15) is 0 Å². The standard InChI is InChI=1S/C12H27N3O/c1-13(2)6-10-8-15(5)9-11(12(10)16)7-14(3)4/h10-12,16H,6-9H2,1-5H3/t10-,11-/m0/s1. The quantitative estimate of drug-likeness (QED) is 0.714. The number of likely N-dealkylation sites (tertiary alicyclic amines) is 1. The zero-order valence-electron chi connectivity index (χ0n) is 11.3. The van der Waals surface area contributed by atoms with Gasteiger partial charge >= 0.3 is 0 Å². The number of aliphatic hydroxyl groups excluding tert-OH is 1. The molecule has 0 aliphatic carbocycles. The molecule has 1 saturated heterocycles. The average Bonchev–Trinajstić information content (AvgIpc) is 2.11. The summed E-state index contributed by atoms with van der Waals surface area (Å²) in [6.45, 7) is 3.94. The highest BCUT2D eigenvalue weighted by molar-refractivity contribution is 4.87. The van der Waals surface area contributed by atoms with E-state index >= 15 is 0 Å². The first-order chi connectivity index (χ1) is 7.40. The van der Waals surface area contributed by atoms with Gasteiger partial charge in [0.25, 0.3) is 0 Å². The summed E-state index contributed by atoms with van der Waals surface area (Å²) >= 11 is 0. The molecule has 0 aromatic heterocycles. The minimum Gasteiger partial charge on any atom is -0.392 e. The molecular formula is C12H27N3O. The van der Waals surface area contributed by atoms with Crippen molar-refractivity contribution < 1.29 is 5.11 Å². The predicted molar refractivity (Wildman–Crippen MR) is 67.6 cm³/mol. The molecular weight excluding hydrogens is 202 g/mol. The summed E-state index contributed by atoms with van der Waals surface area (Å²) in [5.41, 5.74) is 0. The van der Waals surface area contributed by atoms with E-state index in [1.807, 2.05) is 0 Å². The van der Waals surface area contributed by atoms with Gasteiger partial charge in [-0.2, -0.15) is 0 Å². The first kappa shape index (κ1) is 13.9. The SMILES string of the molecule is CN(C)C[C@H]1CN(C)C[C@H](CN(C)C)C1O. The van der Waals surface area contributed by atoms with E-state index in [0.29, 0.717) is 11.8 Å². The molecule has 0 aromatic rings. The highest BCUT2D eigenvalue weighted by Crippen LogP contribution is 2.22. The van der Waals surface area contributed by atoms with E-state index in [1.165, 1.54) is 0 Å². The fraction of sp³-hybridized carbons (Fsp3) is 1.00.